The molecule has 1 amide bonds. The highest BCUT2D eigenvalue weighted by Gasteiger charge is 2.14. The van der Waals surface area contributed by atoms with Crippen molar-refractivity contribution < 1.29 is 4.79 Å². The van der Waals surface area contributed by atoms with E-state index in [0.29, 0.717) is 27.0 Å². The van der Waals surface area contributed by atoms with Gasteiger partial charge in [-0.05, 0) is 30.3 Å². The summed E-state index contributed by atoms with van der Waals surface area (Å²) in [6.45, 7) is 0. The maximum atomic E-state index is 12.2. The molecule has 0 fully saturated rings. The van der Waals surface area contributed by atoms with E-state index < -0.39 is 5.91 Å². The van der Waals surface area contributed by atoms with Crippen molar-refractivity contribution in [2.24, 2.45) is 0 Å². The predicted molar refractivity (Wildman–Crippen MR) is 87.4 cm³/mol. The Bertz CT molecular complexity index is 668. The van der Waals surface area contributed by atoms with Crippen LogP contribution in [-0.2, 0) is 0 Å². The molecule has 0 bridgehead atoms. The van der Waals surface area contributed by atoms with E-state index in [1.54, 1.807) is 24.3 Å². The van der Waals surface area contributed by atoms with Gasteiger partial charge in [-0.3, -0.25) is 4.79 Å². The van der Waals surface area contributed by atoms with Crippen LogP contribution in [0.4, 0.5) is 17.1 Å². The average Bonchev–Trinajstić information content (AvgIpc) is 2.33. The van der Waals surface area contributed by atoms with Crippen LogP contribution in [0.25, 0.3) is 0 Å². The van der Waals surface area contributed by atoms with Crippen molar-refractivity contribution in [3.05, 3.63) is 50.4 Å². The Morgan fingerprint density at radius 2 is 1.70 bits per heavy atom. The van der Waals surface area contributed by atoms with Gasteiger partial charge in [-0.1, -0.05) is 39.1 Å². The summed E-state index contributed by atoms with van der Waals surface area (Å²) in [7, 11) is 0. The van der Waals surface area contributed by atoms with Crippen LogP contribution in [0.1, 0.15) is 10.4 Å². The summed E-state index contributed by atoms with van der Waals surface area (Å²) in [5.41, 5.74) is 12.7. The van der Waals surface area contributed by atoms with Gasteiger partial charge in [-0.2, -0.15) is 0 Å². The van der Waals surface area contributed by atoms with Crippen molar-refractivity contribution in [1.82, 2.24) is 0 Å². The molecule has 0 saturated heterocycles. The van der Waals surface area contributed by atoms with E-state index in [-0.39, 0.29) is 5.69 Å². The van der Waals surface area contributed by atoms with Gasteiger partial charge in [0.1, 0.15) is 0 Å². The van der Waals surface area contributed by atoms with E-state index in [0.717, 1.165) is 4.47 Å². The van der Waals surface area contributed by atoms with Crippen molar-refractivity contribution in [3.8, 4) is 0 Å². The van der Waals surface area contributed by atoms with Crippen LogP contribution in [0.15, 0.2) is 34.8 Å². The lowest BCUT2D eigenvalue weighted by Crippen LogP contribution is -2.14. The molecule has 2 aromatic rings. The molecule has 104 valence electrons. The van der Waals surface area contributed by atoms with Crippen molar-refractivity contribution >= 4 is 62.1 Å². The molecule has 5 N–H and O–H groups in total. The zero-order valence-electron chi connectivity index (χ0n) is 10.1. The molecule has 0 radical (unpaired) electrons. The van der Waals surface area contributed by atoms with Crippen LogP contribution < -0.4 is 16.8 Å². The van der Waals surface area contributed by atoms with Crippen LogP contribution >= 0.6 is 39.1 Å². The topological polar surface area (TPSA) is 81.1 Å². The van der Waals surface area contributed by atoms with Crippen molar-refractivity contribution in [2.45, 2.75) is 0 Å². The van der Waals surface area contributed by atoms with Crippen LogP contribution in [0.5, 0.6) is 0 Å². The lowest BCUT2D eigenvalue weighted by atomic mass is 10.1. The van der Waals surface area contributed by atoms with Crippen LogP contribution in [0, 0.1) is 0 Å². The van der Waals surface area contributed by atoms with E-state index >= 15 is 0 Å². The van der Waals surface area contributed by atoms with E-state index in [2.05, 4.69) is 21.2 Å². The molecule has 0 aliphatic carbocycles. The van der Waals surface area contributed by atoms with Gasteiger partial charge in [0.2, 0.25) is 0 Å². The number of rotatable bonds is 2. The minimum Gasteiger partial charge on any atom is -0.399 e. The summed E-state index contributed by atoms with van der Waals surface area (Å²) in [6.07, 6.45) is 0. The third-order valence-corrected chi connectivity index (χ3v) is 3.62. The van der Waals surface area contributed by atoms with Crippen LogP contribution in [0.2, 0.25) is 10.0 Å². The number of nitrogen functional groups attached to an aromatic ring is 2. The number of carbonyl (C=O) groups excluding carboxylic acids is 1. The molecule has 0 unspecified atom stereocenters. The molecule has 0 saturated carbocycles. The molecule has 7 heteroatoms. The Hall–Kier alpha value is -1.43. The summed E-state index contributed by atoms with van der Waals surface area (Å²) in [6, 6.07) is 7.92. The lowest BCUT2D eigenvalue weighted by Gasteiger charge is -2.11. The molecular weight excluding hydrogens is 365 g/mol. The van der Waals surface area contributed by atoms with Gasteiger partial charge >= 0.3 is 0 Å². The summed E-state index contributed by atoms with van der Waals surface area (Å²) in [5, 5.41) is 3.29. The fourth-order valence-electron chi connectivity index (χ4n) is 1.63. The Balaban J connectivity index is 2.33. The predicted octanol–water partition coefficient (Wildman–Crippen LogP) is 4.17. The van der Waals surface area contributed by atoms with Gasteiger partial charge < -0.3 is 16.8 Å². The Morgan fingerprint density at radius 3 is 2.25 bits per heavy atom. The molecule has 0 aliphatic heterocycles. The molecular formula is C13H10BrCl2N3O. The van der Waals surface area contributed by atoms with Gasteiger partial charge in [0.15, 0.2) is 0 Å². The SMILES string of the molecule is Nc1ccc(C(=O)Nc2c(Cl)cc(Br)cc2Cl)c(N)c1. The maximum absolute atomic E-state index is 12.2. The third kappa shape index (κ3) is 3.17. The first-order valence-corrected chi connectivity index (χ1v) is 7.04. The van der Waals surface area contributed by atoms with Crippen molar-refractivity contribution in [2.75, 3.05) is 16.8 Å². The summed E-state index contributed by atoms with van der Waals surface area (Å²) in [4.78, 5) is 12.2. The Kier molecular flexibility index (Phi) is 4.42. The minimum atomic E-state index is -0.409. The van der Waals surface area contributed by atoms with Gasteiger partial charge in [0, 0.05) is 15.8 Å². The molecule has 2 rings (SSSR count). The standard InChI is InChI=1S/C13H10BrCl2N3O/c14-6-3-9(15)12(10(16)4-6)19-13(20)8-2-1-7(17)5-11(8)18/h1-5H,17-18H2,(H,19,20). The summed E-state index contributed by atoms with van der Waals surface area (Å²) < 4.78 is 0.720. The highest BCUT2D eigenvalue weighted by atomic mass is 79.9. The number of halogens is 3. The Labute approximate surface area is 134 Å². The number of hydrogen-bond donors (Lipinski definition) is 3. The molecule has 20 heavy (non-hydrogen) atoms. The average molecular weight is 375 g/mol. The smallest absolute Gasteiger partial charge is 0.257 e. The van der Waals surface area contributed by atoms with Crippen molar-refractivity contribution in [3.63, 3.8) is 0 Å². The summed E-state index contributed by atoms with van der Waals surface area (Å²) >= 11 is 15.4. The first kappa shape index (κ1) is 15.0. The lowest BCUT2D eigenvalue weighted by molar-refractivity contribution is 0.102. The zero-order valence-corrected chi connectivity index (χ0v) is 13.2. The molecule has 0 heterocycles. The van der Waals surface area contributed by atoms with E-state index in [1.165, 1.54) is 6.07 Å². The van der Waals surface area contributed by atoms with Gasteiger partial charge in [0.25, 0.3) is 5.91 Å². The van der Waals surface area contributed by atoms with Gasteiger partial charge in [0.05, 0.1) is 21.3 Å². The third-order valence-electron chi connectivity index (χ3n) is 2.57. The molecule has 0 aromatic heterocycles. The number of benzene rings is 2. The highest BCUT2D eigenvalue weighted by Crippen LogP contribution is 2.34. The Morgan fingerprint density at radius 1 is 1.10 bits per heavy atom. The first-order chi connectivity index (χ1) is 9.38. The second-order valence-electron chi connectivity index (χ2n) is 4.05. The molecule has 0 atom stereocenters. The number of nitrogens with one attached hydrogen (secondary N) is 1. The second-order valence-corrected chi connectivity index (χ2v) is 5.78. The minimum absolute atomic E-state index is 0.284. The second kappa shape index (κ2) is 5.91. The normalized spacial score (nSPS) is 10.3. The van der Waals surface area contributed by atoms with E-state index in [1.807, 2.05) is 0 Å². The quantitative estimate of drug-likeness (QED) is 0.690. The number of amides is 1. The maximum Gasteiger partial charge on any atom is 0.257 e. The fraction of sp³-hybridized carbons (Fsp3) is 0. The van der Waals surface area contributed by atoms with Gasteiger partial charge in [-0.25, -0.2) is 0 Å². The highest BCUT2D eigenvalue weighted by molar-refractivity contribution is 9.10. The van der Waals surface area contributed by atoms with Crippen LogP contribution in [0.3, 0.4) is 0 Å². The molecule has 4 nitrogen and oxygen atoms in total. The van der Waals surface area contributed by atoms with E-state index in [9.17, 15) is 4.79 Å². The molecule has 2 aromatic carbocycles. The van der Waals surface area contributed by atoms with Crippen molar-refractivity contribution in [1.29, 1.82) is 0 Å². The first-order valence-electron chi connectivity index (χ1n) is 5.49. The van der Waals surface area contributed by atoms with Gasteiger partial charge in [-0.15, -0.1) is 0 Å². The fourth-order valence-corrected chi connectivity index (χ4v) is 2.93. The number of carbonyl (C=O) groups is 1. The van der Waals surface area contributed by atoms with E-state index in [4.69, 9.17) is 34.7 Å². The molecule has 0 spiro atoms. The number of hydrogen-bond acceptors (Lipinski definition) is 3. The summed E-state index contributed by atoms with van der Waals surface area (Å²) in [5.74, 6) is -0.409. The number of anilines is 3. The monoisotopic (exact) mass is 373 g/mol. The molecule has 0 aliphatic rings. The number of nitrogens with two attached hydrogens (primary N) is 2. The zero-order chi connectivity index (χ0) is 14.9. The largest absolute Gasteiger partial charge is 0.399 e. The van der Waals surface area contributed by atoms with Crippen LogP contribution in [-0.4, -0.2) is 5.91 Å².